The second-order valence-electron chi connectivity index (χ2n) is 5.01. The van der Waals surface area contributed by atoms with Gasteiger partial charge < -0.3 is 30.3 Å². The first-order valence-corrected chi connectivity index (χ1v) is 7.52. The molecule has 0 aliphatic carbocycles. The molecule has 5 N–H and O–H groups in total. The van der Waals surface area contributed by atoms with Crippen LogP contribution >= 0.6 is 15.9 Å². The van der Waals surface area contributed by atoms with Gasteiger partial charge in [0.2, 0.25) is 5.79 Å². The summed E-state index contributed by atoms with van der Waals surface area (Å²) in [5, 5.41) is 48.0. The SMILES string of the molecule is CCCCCCC(O)C1(O)OC(Br)[C@@H](O)[C@@H](O)[C@@H]1O. The summed E-state index contributed by atoms with van der Waals surface area (Å²) in [6.07, 6.45) is -2.15. The van der Waals surface area contributed by atoms with E-state index in [1.165, 1.54) is 0 Å². The van der Waals surface area contributed by atoms with Gasteiger partial charge in [-0.15, -0.1) is 0 Å². The summed E-state index contributed by atoms with van der Waals surface area (Å²) in [5.41, 5.74) is 0. The third-order valence-corrected chi connectivity index (χ3v) is 4.20. The van der Waals surface area contributed by atoms with E-state index >= 15 is 0 Å². The van der Waals surface area contributed by atoms with Crippen molar-refractivity contribution in [3.8, 4) is 0 Å². The van der Waals surface area contributed by atoms with Crippen LogP contribution in [0.2, 0.25) is 0 Å². The molecule has 0 aromatic carbocycles. The molecule has 1 heterocycles. The van der Waals surface area contributed by atoms with Gasteiger partial charge >= 0.3 is 0 Å². The molecule has 1 aliphatic rings. The molecule has 0 radical (unpaired) electrons. The maximum Gasteiger partial charge on any atom is 0.222 e. The molecule has 0 aromatic heterocycles. The van der Waals surface area contributed by atoms with Gasteiger partial charge in [0, 0.05) is 0 Å². The van der Waals surface area contributed by atoms with Crippen LogP contribution in [0.3, 0.4) is 0 Å². The summed E-state index contributed by atoms with van der Waals surface area (Å²) in [5.74, 6) is -2.28. The summed E-state index contributed by atoms with van der Waals surface area (Å²) < 4.78 is 5.05. The van der Waals surface area contributed by atoms with Gasteiger partial charge in [0.15, 0.2) is 0 Å². The van der Waals surface area contributed by atoms with Crippen LogP contribution in [0.5, 0.6) is 0 Å². The van der Waals surface area contributed by atoms with Gasteiger partial charge in [-0.3, -0.25) is 0 Å². The topological polar surface area (TPSA) is 110 Å². The second kappa shape index (κ2) is 7.31. The van der Waals surface area contributed by atoms with Crippen LogP contribution in [0, 0.1) is 0 Å². The molecule has 0 bridgehead atoms. The van der Waals surface area contributed by atoms with Gasteiger partial charge in [0.1, 0.15) is 29.4 Å². The standard InChI is InChI=1S/C12H23BrO6/c1-2-3-4-5-6-7(14)12(18)10(17)8(15)9(16)11(13)19-12/h7-11,14-18H,2-6H2,1H3/t7?,8-,9+,10+,11?,12?/m1/s1. The van der Waals surface area contributed by atoms with E-state index in [4.69, 9.17) is 4.74 Å². The maximum absolute atomic E-state index is 10.2. The van der Waals surface area contributed by atoms with E-state index in [1.54, 1.807) is 0 Å². The molecule has 1 fully saturated rings. The normalized spacial score (nSPS) is 41.2. The largest absolute Gasteiger partial charge is 0.387 e. The van der Waals surface area contributed by atoms with Crippen LogP contribution in [-0.4, -0.2) is 60.7 Å². The minimum Gasteiger partial charge on any atom is -0.387 e. The van der Waals surface area contributed by atoms with Crippen molar-refractivity contribution in [1.29, 1.82) is 0 Å². The Kier molecular flexibility index (Phi) is 6.65. The molecule has 114 valence electrons. The van der Waals surface area contributed by atoms with Crippen molar-refractivity contribution in [3.63, 3.8) is 0 Å². The molecule has 1 saturated heterocycles. The third-order valence-electron chi connectivity index (χ3n) is 3.48. The molecule has 3 unspecified atom stereocenters. The first kappa shape index (κ1) is 17.3. The number of aliphatic hydroxyl groups excluding tert-OH is 4. The molecule has 6 nitrogen and oxygen atoms in total. The van der Waals surface area contributed by atoms with E-state index in [-0.39, 0.29) is 6.42 Å². The molecular weight excluding hydrogens is 320 g/mol. The van der Waals surface area contributed by atoms with E-state index < -0.39 is 35.2 Å². The van der Waals surface area contributed by atoms with Gasteiger partial charge in [0.25, 0.3) is 0 Å². The van der Waals surface area contributed by atoms with Crippen molar-refractivity contribution < 1.29 is 30.3 Å². The number of unbranched alkanes of at least 4 members (excludes halogenated alkanes) is 3. The minimum atomic E-state index is -2.28. The molecule has 19 heavy (non-hydrogen) atoms. The lowest BCUT2D eigenvalue weighted by atomic mass is 9.90. The van der Waals surface area contributed by atoms with Gasteiger partial charge in [-0.25, -0.2) is 0 Å². The summed E-state index contributed by atoms with van der Waals surface area (Å²) in [4.78, 5) is 0. The number of halogens is 1. The summed E-state index contributed by atoms with van der Waals surface area (Å²) in [6.45, 7) is 2.06. The van der Waals surface area contributed by atoms with Crippen LogP contribution in [-0.2, 0) is 4.74 Å². The Labute approximate surface area is 121 Å². The quantitative estimate of drug-likeness (QED) is 0.339. The molecule has 0 spiro atoms. The second-order valence-corrected chi connectivity index (χ2v) is 5.91. The first-order chi connectivity index (χ1) is 8.84. The first-order valence-electron chi connectivity index (χ1n) is 6.61. The predicted octanol–water partition coefficient (Wildman–Crippen LogP) is -0.160. The Morgan fingerprint density at radius 1 is 1.16 bits per heavy atom. The molecule has 0 saturated carbocycles. The molecular formula is C12H23BrO6. The van der Waals surface area contributed by atoms with Crippen LogP contribution in [0.25, 0.3) is 0 Å². The van der Waals surface area contributed by atoms with E-state index in [2.05, 4.69) is 22.9 Å². The van der Waals surface area contributed by atoms with Crippen molar-refractivity contribution in [3.05, 3.63) is 0 Å². The molecule has 1 aliphatic heterocycles. The summed E-state index contributed by atoms with van der Waals surface area (Å²) in [7, 11) is 0. The Morgan fingerprint density at radius 3 is 2.37 bits per heavy atom. The van der Waals surface area contributed by atoms with Gasteiger partial charge in [-0.1, -0.05) is 48.5 Å². The third kappa shape index (κ3) is 3.87. The lowest BCUT2D eigenvalue weighted by Crippen LogP contribution is -2.67. The number of ether oxygens (including phenoxy) is 1. The fourth-order valence-corrected chi connectivity index (χ4v) is 2.77. The average Bonchev–Trinajstić information content (AvgIpc) is 2.38. The summed E-state index contributed by atoms with van der Waals surface area (Å²) in [6, 6.07) is 0. The zero-order valence-corrected chi connectivity index (χ0v) is 12.5. The highest BCUT2D eigenvalue weighted by Gasteiger charge is 2.55. The smallest absolute Gasteiger partial charge is 0.222 e. The highest BCUT2D eigenvalue weighted by molar-refractivity contribution is 9.09. The van der Waals surface area contributed by atoms with Crippen molar-refractivity contribution in [1.82, 2.24) is 0 Å². The van der Waals surface area contributed by atoms with Crippen molar-refractivity contribution in [2.45, 2.75) is 74.2 Å². The fraction of sp³-hybridized carbons (Fsp3) is 1.00. The van der Waals surface area contributed by atoms with E-state index in [0.29, 0.717) is 6.42 Å². The maximum atomic E-state index is 10.2. The molecule has 0 aromatic rings. The Hall–Kier alpha value is 0.240. The van der Waals surface area contributed by atoms with E-state index in [9.17, 15) is 25.5 Å². The van der Waals surface area contributed by atoms with E-state index in [1.807, 2.05) is 0 Å². The van der Waals surface area contributed by atoms with Crippen LogP contribution in [0.4, 0.5) is 0 Å². The van der Waals surface area contributed by atoms with Crippen LogP contribution in [0.15, 0.2) is 0 Å². The lowest BCUT2D eigenvalue weighted by molar-refractivity contribution is -0.358. The average molecular weight is 343 g/mol. The monoisotopic (exact) mass is 342 g/mol. The fourth-order valence-electron chi connectivity index (χ4n) is 2.15. The zero-order chi connectivity index (χ0) is 14.6. The number of hydrogen-bond acceptors (Lipinski definition) is 6. The lowest BCUT2D eigenvalue weighted by Gasteiger charge is -2.46. The Bertz CT molecular complexity index is 279. The number of hydrogen-bond donors (Lipinski definition) is 5. The molecule has 0 amide bonds. The Balaban J connectivity index is 2.62. The number of aliphatic hydroxyl groups is 5. The molecule has 1 rings (SSSR count). The highest BCUT2D eigenvalue weighted by Crippen LogP contribution is 2.34. The summed E-state index contributed by atoms with van der Waals surface area (Å²) >= 11 is 2.94. The van der Waals surface area contributed by atoms with Gasteiger partial charge in [0.05, 0.1) is 0 Å². The predicted molar refractivity (Wildman–Crippen MR) is 71.5 cm³/mol. The molecule has 7 heteroatoms. The van der Waals surface area contributed by atoms with Crippen LogP contribution in [0.1, 0.15) is 39.0 Å². The van der Waals surface area contributed by atoms with Gasteiger partial charge in [-0.05, 0) is 6.42 Å². The van der Waals surface area contributed by atoms with Crippen molar-refractivity contribution in [2.75, 3.05) is 0 Å². The number of rotatable bonds is 6. The van der Waals surface area contributed by atoms with E-state index in [0.717, 1.165) is 19.3 Å². The Morgan fingerprint density at radius 2 is 1.79 bits per heavy atom. The highest BCUT2D eigenvalue weighted by atomic mass is 79.9. The van der Waals surface area contributed by atoms with Crippen molar-refractivity contribution >= 4 is 15.9 Å². The zero-order valence-electron chi connectivity index (χ0n) is 10.9. The van der Waals surface area contributed by atoms with Crippen molar-refractivity contribution in [2.24, 2.45) is 0 Å². The minimum absolute atomic E-state index is 0.246. The molecule has 6 atom stereocenters. The van der Waals surface area contributed by atoms with Crippen LogP contribution < -0.4 is 0 Å². The van der Waals surface area contributed by atoms with Gasteiger partial charge in [-0.2, -0.15) is 0 Å². The number of alkyl halides is 1.